The van der Waals surface area contributed by atoms with Crippen molar-refractivity contribution in [3.05, 3.63) is 47.3 Å². The van der Waals surface area contributed by atoms with Gasteiger partial charge in [-0.15, -0.1) is 0 Å². The molecule has 0 aliphatic carbocycles. The van der Waals surface area contributed by atoms with Gasteiger partial charge in [0.05, 0.1) is 5.69 Å². The number of H-pyrrole nitrogens is 1. The number of anilines is 1. The average Bonchev–Trinajstić information content (AvgIpc) is 2.70. The van der Waals surface area contributed by atoms with Gasteiger partial charge in [-0.2, -0.15) is 4.39 Å². The molecule has 0 aliphatic heterocycles. The van der Waals surface area contributed by atoms with Crippen molar-refractivity contribution in [2.24, 2.45) is 0 Å². The number of carbonyl (C=O) groups is 2. The average molecular weight is 263 g/mol. The van der Waals surface area contributed by atoms with Crippen molar-refractivity contribution < 1.29 is 19.1 Å². The lowest BCUT2D eigenvalue weighted by atomic mass is 10.3. The van der Waals surface area contributed by atoms with Crippen LogP contribution < -0.4 is 5.32 Å². The van der Waals surface area contributed by atoms with E-state index in [1.807, 2.05) is 0 Å². The largest absolute Gasteiger partial charge is 0.477 e. The molecular formula is C12H10FN3O3. The maximum atomic E-state index is 12.9. The second-order valence-electron chi connectivity index (χ2n) is 3.85. The van der Waals surface area contributed by atoms with Gasteiger partial charge in [0.25, 0.3) is 5.91 Å². The van der Waals surface area contributed by atoms with Gasteiger partial charge in [0.15, 0.2) is 0 Å². The van der Waals surface area contributed by atoms with Crippen molar-refractivity contribution in [2.75, 3.05) is 5.32 Å². The molecule has 0 radical (unpaired) electrons. The number of amides is 1. The minimum atomic E-state index is -1.20. The fraction of sp³-hybridized carbons (Fsp3) is 0.0833. The molecule has 2 aromatic rings. The Bertz CT molecular complexity index is 651. The zero-order valence-corrected chi connectivity index (χ0v) is 9.90. The highest BCUT2D eigenvalue weighted by Crippen LogP contribution is 2.17. The van der Waals surface area contributed by atoms with E-state index in [2.05, 4.69) is 15.3 Å². The van der Waals surface area contributed by atoms with E-state index in [4.69, 9.17) is 5.11 Å². The van der Waals surface area contributed by atoms with Crippen LogP contribution in [0.2, 0.25) is 0 Å². The summed E-state index contributed by atoms with van der Waals surface area (Å²) in [7, 11) is 0. The SMILES string of the molecule is Cc1cc(NC(=O)c2cccc(F)n2)c(C(=O)O)[nH]1. The van der Waals surface area contributed by atoms with Gasteiger partial charge in [0.1, 0.15) is 11.4 Å². The number of aryl methyl sites for hydroxylation is 1. The number of pyridine rings is 1. The van der Waals surface area contributed by atoms with E-state index in [0.717, 1.165) is 6.07 Å². The molecule has 0 spiro atoms. The number of aromatic nitrogens is 2. The summed E-state index contributed by atoms with van der Waals surface area (Å²) in [4.78, 5) is 28.8. The molecule has 0 atom stereocenters. The van der Waals surface area contributed by atoms with Gasteiger partial charge < -0.3 is 15.4 Å². The molecule has 0 aliphatic rings. The maximum absolute atomic E-state index is 12.9. The predicted octanol–water partition coefficient (Wildman–Crippen LogP) is 1.81. The minimum Gasteiger partial charge on any atom is -0.477 e. The lowest BCUT2D eigenvalue weighted by molar-refractivity contribution is 0.0692. The molecule has 2 rings (SSSR count). The summed E-state index contributed by atoms with van der Waals surface area (Å²) in [6.45, 7) is 1.66. The van der Waals surface area contributed by atoms with Crippen molar-refractivity contribution in [1.29, 1.82) is 0 Å². The summed E-state index contributed by atoms with van der Waals surface area (Å²) < 4.78 is 12.9. The van der Waals surface area contributed by atoms with Crippen LogP contribution in [-0.2, 0) is 0 Å². The van der Waals surface area contributed by atoms with Gasteiger partial charge >= 0.3 is 5.97 Å². The second kappa shape index (κ2) is 4.89. The van der Waals surface area contributed by atoms with Crippen molar-refractivity contribution in [3.63, 3.8) is 0 Å². The summed E-state index contributed by atoms with van der Waals surface area (Å²) in [5.74, 6) is -2.66. The number of carbonyl (C=O) groups excluding carboxylic acids is 1. The molecule has 0 fully saturated rings. The maximum Gasteiger partial charge on any atom is 0.354 e. The van der Waals surface area contributed by atoms with Crippen molar-refractivity contribution in [3.8, 4) is 0 Å². The summed E-state index contributed by atoms with van der Waals surface area (Å²) in [5, 5.41) is 11.3. The fourth-order valence-electron chi connectivity index (χ4n) is 1.58. The van der Waals surface area contributed by atoms with Crippen LogP contribution in [0.25, 0.3) is 0 Å². The van der Waals surface area contributed by atoms with E-state index < -0.39 is 17.8 Å². The van der Waals surface area contributed by atoms with Gasteiger partial charge in [-0.3, -0.25) is 4.79 Å². The van der Waals surface area contributed by atoms with Crippen LogP contribution in [0.1, 0.15) is 26.7 Å². The van der Waals surface area contributed by atoms with Crippen molar-refractivity contribution in [1.82, 2.24) is 9.97 Å². The molecule has 2 heterocycles. The molecule has 0 saturated carbocycles. The molecule has 2 aromatic heterocycles. The number of nitrogens with one attached hydrogen (secondary N) is 2. The van der Waals surface area contributed by atoms with Crippen molar-refractivity contribution >= 4 is 17.6 Å². The van der Waals surface area contributed by atoms with Crippen LogP contribution in [0.3, 0.4) is 0 Å². The molecule has 3 N–H and O–H groups in total. The van der Waals surface area contributed by atoms with Crippen LogP contribution in [-0.4, -0.2) is 27.0 Å². The van der Waals surface area contributed by atoms with Crippen LogP contribution in [0.4, 0.5) is 10.1 Å². The van der Waals surface area contributed by atoms with Crippen LogP contribution in [0, 0.1) is 12.9 Å². The number of carboxylic acid groups (broad SMARTS) is 1. The molecule has 6 nitrogen and oxygen atoms in total. The minimum absolute atomic E-state index is 0.112. The van der Waals surface area contributed by atoms with Crippen molar-refractivity contribution in [2.45, 2.75) is 6.92 Å². The third-order valence-electron chi connectivity index (χ3n) is 2.36. The molecule has 0 unspecified atom stereocenters. The van der Waals surface area contributed by atoms with E-state index in [-0.39, 0.29) is 17.1 Å². The third kappa shape index (κ3) is 2.76. The normalized spacial score (nSPS) is 10.2. The second-order valence-corrected chi connectivity index (χ2v) is 3.85. The Morgan fingerprint density at radius 3 is 2.79 bits per heavy atom. The zero-order chi connectivity index (χ0) is 14.0. The first kappa shape index (κ1) is 12.7. The van der Waals surface area contributed by atoms with Crippen LogP contribution >= 0.6 is 0 Å². The number of rotatable bonds is 3. The number of halogens is 1. The predicted molar refractivity (Wildman–Crippen MR) is 64.6 cm³/mol. The molecule has 0 bridgehead atoms. The van der Waals surface area contributed by atoms with Crippen LogP contribution in [0.5, 0.6) is 0 Å². The number of aromatic carboxylic acids is 1. The molecule has 98 valence electrons. The standard InChI is InChI=1S/C12H10FN3O3/c1-6-5-8(10(14-6)12(18)19)16-11(17)7-3-2-4-9(13)15-7/h2-5,14H,1H3,(H,16,17)(H,18,19). The van der Waals surface area contributed by atoms with E-state index in [0.29, 0.717) is 5.69 Å². The number of carboxylic acids is 1. The molecule has 0 aromatic carbocycles. The first-order chi connectivity index (χ1) is 8.97. The Labute approximate surface area is 107 Å². The van der Waals surface area contributed by atoms with Gasteiger partial charge in [-0.25, -0.2) is 9.78 Å². The Morgan fingerprint density at radius 2 is 2.16 bits per heavy atom. The highest BCUT2D eigenvalue weighted by Gasteiger charge is 2.17. The summed E-state index contributed by atoms with van der Waals surface area (Å²) in [6.07, 6.45) is 0. The Balaban J connectivity index is 2.26. The van der Waals surface area contributed by atoms with Gasteiger partial charge in [0.2, 0.25) is 5.95 Å². The van der Waals surface area contributed by atoms with Gasteiger partial charge in [0, 0.05) is 5.69 Å². The molecule has 19 heavy (non-hydrogen) atoms. The highest BCUT2D eigenvalue weighted by molar-refractivity contribution is 6.06. The first-order valence-electron chi connectivity index (χ1n) is 5.34. The third-order valence-corrected chi connectivity index (χ3v) is 2.36. The topological polar surface area (TPSA) is 95.1 Å². The lowest BCUT2D eigenvalue weighted by Crippen LogP contribution is -2.15. The highest BCUT2D eigenvalue weighted by atomic mass is 19.1. The molecular weight excluding hydrogens is 253 g/mol. The van der Waals surface area contributed by atoms with Gasteiger partial charge in [-0.05, 0) is 25.1 Å². The lowest BCUT2D eigenvalue weighted by Gasteiger charge is -2.03. The Morgan fingerprint density at radius 1 is 1.42 bits per heavy atom. The van der Waals surface area contributed by atoms with E-state index >= 15 is 0 Å². The number of nitrogens with zero attached hydrogens (tertiary/aromatic N) is 1. The van der Waals surface area contributed by atoms with E-state index in [1.54, 1.807) is 6.92 Å². The monoisotopic (exact) mass is 263 g/mol. The van der Waals surface area contributed by atoms with Gasteiger partial charge in [-0.1, -0.05) is 6.07 Å². The number of hydrogen-bond acceptors (Lipinski definition) is 3. The fourth-order valence-corrected chi connectivity index (χ4v) is 1.58. The summed E-state index contributed by atoms with van der Waals surface area (Å²) in [6, 6.07) is 5.26. The zero-order valence-electron chi connectivity index (χ0n) is 9.90. The first-order valence-corrected chi connectivity index (χ1v) is 5.34. The van der Waals surface area contributed by atoms with E-state index in [1.165, 1.54) is 18.2 Å². The molecule has 1 amide bonds. The number of aromatic amines is 1. The Hall–Kier alpha value is -2.70. The van der Waals surface area contributed by atoms with E-state index in [9.17, 15) is 14.0 Å². The number of hydrogen-bond donors (Lipinski definition) is 3. The quantitative estimate of drug-likeness (QED) is 0.736. The molecule has 0 saturated heterocycles. The molecule has 7 heteroatoms. The van der Waals surface area contributed by atoms with Crippen LogP contribution in [0.15, 0.2) is 24.3 Å². The summed E-state index contributed by atoms with van der Waals surface area (Å²) >= 11 is 0. The summed E-state index contributed by atoms with van der Waals surface area (Å²) in [5.41, 5.74) is 0.429. The Kier molecular flexibility index (Phi) is 3.28. The smallest absolute Gasteiger partial charge is 0.354 e.